The number of thiophene rings is 1. The third-order valence-electron chi connectivity index (χ3n) is 3.88. The molecule has 0 spiro atoms. The highest BCUT2D eigenvalue weighted by Crippen LogP contribution is 2.36. The number of hydrogen-bond donors (Lipinski definition) is 1. The van der Waals surface area contributed by atoms with E-state index < -0.39 is 15.8 Å². The minimum absolute atomic E-state index is 0.0963. The smallest absolute Gasteiger partial charge is 0.345 e. The number of benzene rings is 1. The van der Waals surface area contributed by atoms with Gasteiger partial charge in [-0.3, -0.25) is 0 Å². The van der Waals surface area contributed by atoms with E-state index in [1.807, 2.05) is 11.0 Å². The molecule has 2 heterocycles. The maximum absolute atomic E-state index is 11.5. The Hall–Kier alpha value is -2.37. The number of hydrogen-bond acceptors (Lipinski definition) is 5. The summed E-state index contributed by atoms with van der Waals surface area (Å²) >= 11 is 1.16. The Labute approximate surface area is 143 Å². The van der Waals surface area contributed by atoms with Gasteiger partial charge in [-0.25, -0.2) is 18.1 Å². The molecule has 1 aromatic carbocycles. The molecule has 124 valence electrons. The molecule has 0 unspecified atom stereocenters. The lowest BCUT2D eigenvalue weighted by Crippen LogP contribution is -2.40. The first-order valence-electron chi connectivity index (χ1n) is 7.20. The van der Waals surface area contributed by atoms with Crippen LogP contribution in [0.2, 0.25) is 0 Å². The van der Waals surface area contributed by atoms with Gasteiger partial charge in [-0.15, -0.1) is 11.3 Å². The molecule has 0 saturated carbocycles. The standard InChI is InChI=1S/C16H14N2O4S2/c1-17-12-10-11(14-4-5-15(23-14)16(19)20)2-3-13(12)18-6-8-24(21,22)9-7-18/h2-5,10H,6-9H2,(H,19,20). The fourth-order valence-electron chi connectivity index (χ4n) is 2.59. The SMILES string of the molecule is [C-]#[N+]c1cc(-c2ccc(C(=O)O)s2)ccc1N1CCS(=O)(=O)CC1. The van der Waals surface area contributed by atoms with Crippen LogP contribution in [0.5, 0.6) is 0 Å². The third-order valence-corrected chi connectivity index (χ3v) is 6.61. The van der Waals surface area contributed by atoms with Gasteiger partial charge in [-0.05, 0) is 29.8 Å². The van der Waals surface area contributed by atoms with E-state index in [9.17, 15) is 13.2 Å². The second kappa shape index (κ2) is 6.26. The zero-order valence-corrected chi connectivity index (χ0v) is 14.2. The van der Waals surface area contributed by atoms with Crippen LogP contribution in [0.25, 0.3) is 15.3 Å². The molecule has 1 aromatic heterocycles. The van der Waals surface area contributed by atoms with E-state index in [1.54, 1.807) is 24.3 Å². The lowest BCUT2D eigenvalue weighted by Gasteiger charge is -2.29. The first kappa shape index (κ1) is 16.5. The zero-order valence-electron chi connectivity index (χ0n) is 12.6. The van der Waals surface area contributed by atoms with Gasteiger partial charge in [-0.1, -0.05) is 6.07 Å². The zero-order chi connectivity index (χ0) is 17.3. The highest BCUT2D eigenvalue weighted by Gasteiger charge is 2.23. The normalized spacial score (nSPS) is 16.5. The van der Waals surface area contributed by atoms with Crippen molar-refractivity contribution in [1.82, 2.24) is 0 Å². The minimum Gasteiger partial charge on any atom is -0.477 e. The summed E-state index contributed by atoms with van der Waals surface area (Å²) in [6.07, 6.45) is 0. The van der Waals surface area contributed by atoms with Crippen LogP contribution < -0.4 is 4.90 Å². The van der Waals surface area contributed by atoms with Crippen molar-refractivity contribution in [2.75, 3.05) is 29.5 Å². The molecular formula is C16H14N2O4S2. The number of carboxylic acid groups (broad SMARTS) is 1. The van der Waals surface area contributed by atoms with Crippen molar-refractivity contribution in [3.05, 3.63) is 46.6 Å². The molecule has 6 nitrogen and oxygen atoms in total. The topological polar surface area (TPSA) is 79.0 Å². The average Bonchev–Trinajstić information content (AvgIpc) is 3.05. The Kier molecular flexibility index (Phi) is 4.30. The van der Waals surface area contributed by atoms with Crippen molar-refractivity contribution < 1.29 is 18.3 Å². The van der Waals surface area contributed by atoms with Gasteiger partial charge in [0.25, 0.3) is 0 Å². The van der Waals surface area contributed by atoms with Crippen molar-refractivity contribution in [3.63, 3.8) is 0 Å². The lowest BCUT2D eigenvalue weighted by atomic mass is 10.1. The molecular weight excluding hydrogens is 348 g/mol. The molecule has 1 N–H and O–H groups in total. The summed E-state index contributed by atoms with van der Waals surface area (Å²) in [5.41, 5.74) is 1.95. The molecule has 1 fully saturated rings. The van der Waals surface area contributed by atoms with E-state index >= 15 is 0 Å². The van der Waals surface area contributed by atoms with Gasteiger partial charge in [0.2, 0.25) is 5.69 Å². The molecule has 2 aromatic rings. The Morgan fingerprint density at radius 1 is 1.21 bits per heavy atom. The Bertz CT molecular complexity index is 927. The molecule has 0 aliphatic carbocycles. The summed E-state index contributed by atoms with van der Waals surface area (Å²) in [5.74, 6) is -0.777. The highest BCUT2D eigenvalue weighted by atomic mass is 32.2. The first-order valence-corrected chi connectivity index (χ1v) is 9.84. The summed E-state index contributed by atoms with van der Waals surface area (Å²) in [6, 6.07) is 8.64. The number of sulfone groups is 1. The van der Waals surface area contributed by atoms with E-state index in [4.69, 9.17) is 11.7 Å². The van der Waals surface area contributed by atoms with Crippen LogP contribution in [-0.4, -0.2) is 44.1 Å². The van der Waals surface area contributed by atoms with E-state index in [-0.39, 0.29) is 16.4 Å². The van der Waals surface area contributed by atoms with Gasteiger partial charge in [0.15, 0.2) is 9.84 Å². The molecule has 3 rings (SSSR count). The van der Waals surface area contributed by atoms with Crippen LogP contribution in [0.4, 0.5) is 11.4 Å². The summed E-state index contributed by atoms with van der Waals surface area (Å²) in [5, 5.41) is 9.01. The van der Waals surface area contributed by atoms with Crippen LogP contribution in [0.3, 0.4) is 0 Å². The van der Waals surface area contributed by atoms with Crippen LogP contribution in [-0.2, 0) is 9.84 Å². The number of anilines is 1. The monoisotopic (exact) mass is 362 g/mol. The maximum atomic E-state index is 11.5. The molecule has 1 saturated heterocycles. The predicted octanol–water partition coefficient (Wildman–Crippen LogP) is 2.90. The van der Waals surface area contributed by atoms with Gasteiger partial charge in [0.05, 0.1) is 18.1 Å². The van der Waals surface area contributed by atoms with Gasteiger partial charge in [-0.2, -0.15) is 0 Å². The van der Waals surface area contributed by atoms with E-state index in [1.165, 1.54) is 0 Å². The fourth-order valence-corrected chi connectivity index (χ4v) is 4.64. The lowest BCUT2D eigenvalue weighted by molar-refractivity contribution is 0.0702. The predicted molar refractivity (Wildman–Crippen MR) is 93.8 cm³/mol. The largest absolute Gasteiger partial charge is 0.477 e. The number of carbonyl (C=O) groups is 1. The van der Waals surface area contributed by atoms with Crippen molar-refractivity contribution >= 4 is 38.5 Å². The Morgan fingerprint density at radius 2 is 1.92 bits per heavy atom. The van der Waals surface area contributed by atoms with Crippen LogP contribution in [0, 0.1) is 6.57 Å². The van der Waals surface area contributed by atoms with Crippen LogP contribution in [0.1, 0.15) is 9.67 Å². The Balaban J connectivity index is 1.91. The molecule has 0 bridgehead atoms. The average molecular weight is 362 g/mol. The molecule has 0 radical (unpaired) electrons. The van der Waals surface area contributed by atoms with E-state index in [2.05, 4.69) is 4.85 Å². The molecule has 0 atom stereocenters. The minimum atomic E-state index is -2.97. The van der Waals surface area contributed by atoms with Crippen molar-refractivity contribution in [3.8, 4) is 10.4 Å². The van der Waals surface area contributed by atoms with Crippen LogP contribution in [0.15, 0.2) is 30.3 Å². The van der Waals surface area contributed by atoms with Gasteiger partial charge in [0, 0.05) is 23.7 Å². The van der Waals surface area contributed by atoms with Gasteiger partial charge in [0.1, 0.15) is 4.88 Å². The quantitative estimate of drug-likeness (QED) is 0.850. The Morgan fingerprint density at radius 3 is 2.50 bits per heavy atom. The molecule has 1 aliphatic heterocycles. The number of nitrogens with zero attached hydrogens (tertiary/aromatic N) is 2. The summed E-state index contributed by atoms with van der Waals surface area (Å²) < 4.78 is 23.1. The third kappa shape index (κ3) is 3.27. The number of carboxylic acids is 1. The molecule has 8 heteroatoms. The fraction of sp³-hybridized carbons (Fsp3) is 0.250. The second-order valence-corrected chi connectivity index (χ2v) is 8.81. The maximum Gasteiger partial charge on any atom is 0.345 e. The second-order valence-electron chi connectivity index (χ2n) is 5.42. The van der Waals surface area contributed by atoms with Crippen molar-refractivity contribution in [2.24, 2.45) is 0 Å². The van der Waals surface area contributed by atoms with Crippen molar-refractivity contribution in [2.45, 2.75) is 0 Å². The van der Waals surface area contributed by atoms with Crippen LogP contribution >= 0.6 is 11.3 Å². The summed E-state index contributed by atoms with van der Waals surface area (Å²) in [7, 11) is -2.97. The van der Waals surface area contributed by atoms with Gasteiger partial charge >= 0.3 is 5.97 Å². The first-order chi connectivity index (χ1) is 11.4. The van der Waals surface area contributed by atoms with E-state index in [0.717, 1.165) is 27.5 Å². The molecule has 1 aliphatic rings. The van der Waals surface area contributed by atoms with E-state index in [0.29, 0.717) is 18.8 Å². The van der Waals surface area contributed by atoms with Gasteiger partial charge < -0.3 is 10.0 Å². The number of aromatic carboxylic acids is 1. The summed E-state index contributed by atoms with van der Waals surface area (Å²) in [4.78, 5) is 17.5. The molecule has 24 heavy (non-hydrogen) atoms. The summed E-state index contributed by atoms with van der Waals surface area (Å²) in [6.45, 7) is 8.17. The number of rotatable bonds is 3. The molecule has 0 amide bonds. The van der Waals surface area contributed by atoms with Crippen molar-refractivity contribution in [1.29, 1.82) is 0 Å². The highest BCUT2D eigenvalue weighted by molar-refractivity contribution is 7.91.